The van der Waals surface area contributed by atoms with E-state index in [4.69, 9.17) is 0 Å². The highest BCUT2D eigenvalue weighted by Crippen LogP contribution is 2.37. The molecule has 0 radical (unpaired) electrons. The molecule has 5 nitrogen and oxygen atoms in total. The number of rotatable bonds is 4. The van der Waals surface area contributed by atoms with Crippen molar-refractivity contribution in [2.75, 3.05) is 24.6 Å². The van der Waals surface area contributed by atoms with Gasteiger partial charge >= 0.3 is 0 Å². The molecule has 2 aromatic carbocycles. The number of nitrogens with zero attached hydrogens (tertiary/aromatic N) is 2. The lowest BCUT2D eigenvalue weighted by Crippen LogP contribution is -2.40. The molecule has 1 N–H and O–H groups in total. The van der Waals surface area contributed by atoms with Gasteiger partial charge in [-0.2, -0.15) is 0 Å². The number of likely N-dealkylation sites (tertiary alicyclic amines) is 1. The van der Waals surface area contributed by atoms with Crippen LogP contribution in [0.25, 0.3) is 5.57 Å². The van der Waals surface area contributed by atoms with Crippen LogP contribution in [0.4, 0.5) is 18.9 Å². The van der Waals surface area contributed by atoms with Gasteiger partial charge in [0.15, 0.2) is 0 Å². The van der Waals surface area contributed by atoms with Crippen LogP contribution in [0.5, 0.6) is 0 Å². The SMILES string of the molecule is O=C1C(c2ccc(F)cc2)=C(N2CCCC(CO)C2)C(=O)N1c1cc(F)ccc1F. The third-order valence-electron chi connectivity index (χ3n) is 5.43. The van der Waals surface area contributed by atoms with Gasteiger partial charge in [-0.05, 0) is 48.6 Å². The van der Waals surface area contributed by atoms with Gasteiger partial charge in [-0.1, -0.05) is 12.1 Å². The van der Waals surface area contributed by atoms with E-state index in [0.717, 1.165) is 36.8 Å². The molecule has 2 aromatic rings. The standard InChI is InChI=1S/C22H19F3N2O3/c23-15-5-3-14(4-6-15)19-20(26-9-1-2-13(11-26)12-28)22(30)27(21(19)29)18-10-16(24)7-8-17(18)25/h3-8,10,13,28H,1-2,9,11-12H2. The first-order valence-corrected chi connectivity index (χ1v) is 9.60. The first-order valence-electron chi connectivity index (χ1n) is 9.60. The molecule has 0 bridgehead atoms. The fraction of sp³-hybridized carbons (Fsp3) is 0.273. The van der Waals surface area contributed by atoms with Gasteiger partial charge in [-0.3, -0.25) is 9.59 Å². The average Bonchev–Trinajstić information content (AvgIpc) is 3.00. The molecule has 1 atom stereocenters. The maximum Gasteiger partial charge on any atom is 0.282 e. The van der Waals surface area contributed by atoms with Crippen molar-refractivity contribution in [3.05, 3.63) is 71.2 Å². The highest BCUT2D eigenvalue weighted by atomic mass is 19.1. The largest absolute Gasteiger partial charge is 0.396 e. The zero-order valence-electron chi connectivity index (χ0n) is 15.9. The van der Waals surface area contributed by atoms with E-state index in [9.17, 15) is 27.9 Å². The van der Waals surface area contributed by atoms with Gasteiger partial charge in [0.1, 0.15) is 23.1 Å². The summed E-state index contributed by atoms with van der Waals surface area (Å²) in [5, 5.41) is 9.54. The summed E-state index contributed by atoms with van der Waals surface area (Å²) in [4.78, 5) is 28.9. The second kappa shape index (κ2) is 7.95. The van der Waals surface area contributed by atoms with Gasteiger partial charge in [-0.15, -0.1) is 0 Å². The molecule has 2 heterocycles. The zero-order valence-corrected chi connectivity index (χ0v) is 15.9. The minimum absolute atomic E-state index is 0.00208. The van der Waals surface area contributed by atoms with Gasteiger partial charge in [0, 0.05) is 25.8 Å². The highest BCUT2D eigenvalue weighted by Gasteiger charge is 2.44. The zero-order chi connectivity index (χ0) is 21.4. The normalized spacial score (nSPS) is 19.8. The van der Waals surface area contributed by atoms with E-state index in [2.05, 4.69) is 0 Å². The van der Waals surface area contributed by atoms with E-state index in [1.165, 1.54) is 12.1 Å². The second-order valence-corrected chi connectivity index (χ2v) is 7.41. The number of hydrogen-bond acceptors (Lipinski definition) is 4. The maximum atomic E-state index is 14.4. The van der Waals surface area contributed by atoms with Crippen molar-refractivity contribution in [1.29, 1.82) is 0 Å². The fourth-order valence-corrected chi connectivity index (χ4v) is 3.98. The number of carbonyl (C=O) groups excluding carboxylic acids is 2. The summed E-state index contributed by atoms with van der Waals surface area (Å²) in [6.07, 6.45) is 1.47. The van der Waals surface area contributed by atoms with Crippen molar-refractivity contribution in [1.82, 2.24) is 4.90 Å². The Kier molecular flexibility index (Phi) is 5.34. The van der Waals surface area contributed by atoms with Crippen molar-refractivity contribution < 1.29 is 27.9 Å². The van der Waals surface area contributed by atoms with E-state index in [1.54, 1.807) is 4.90 Å². The van der Waals surface area contributed by atoms with Gasteiger partial charge in [0.2, 0.25) is 0 Å². The number of halogens is 3. The van der Waals surface area contributed by atoms with Gasteiger partial charge < -0.3 is 10.0 Å². The first kappa shape index (κ1) is 20.2. The Morgan fingerprint density at radius 3 is 2.37 bits per heavy atom. The molecule has 30 heavy (non-hydrogen) atoms. The summed E-state index contributed by atoms with van der Waals surface area (Å²) in [5.74, 6) is -3.88. The van der Waals surface area contributed by atoms with E-state index >= 15 is 0 Å². The van der Waals surface area contributed by atoms with Crippen molar-refractivity contribution in [2.24, 2.45) is 5.92 Å². The average molecular weight is 416 g/mol. The molecule has 1 fully saturated rings. The number of hydrogen-bond donors (Lipinski definition) is 1. The summed E-state index contributed by atoms with van der Waals surface area (Å²) in [5.41, 5.74) is -0.124. The van der Waals surface area contributed by atoms with Gasteiger partial charge in [0.05, 0.1) is 11.3 Å². The van der Waals surface area contributed by atoms with E-state index < -0.39 is 35.0 Å². The third-order valence-corrected chi connectivity index (χ3v) is 5.43. The predicted octanol–water partition coefficient (Wildman–Crippen LogP) is 3.09. The minimum atomic E-state index is -0.912. The van der Waals surface area contributed by atoms with Crippen LogP contribution in [0.2, 0.25) is 0 Å². The summed E-state index contributed by atoms with van der Waals surface area (Å²) in [6, 6.07) is 7.61. The monoisotopic (exact) mass is 416 g/mol. The molecule has 0 spiro atoms. The molecule has 0 saturated carbocycles. The number of aliphatic hydroxyl groups is 1. The Bertz CT molecular complexity index is 1040. The summed E-state index contributed by atoms with van der Waals surface area (Å²) < 4.78 is 41.6. The molecular formula is C22H19F3N2O3. The smallest absolute Gasteiger partial charge is 0.282 e. The van der Waals surface area contributed by atoms with Crippen LogP contribution in [0.3, 0.4) is 0 Å². The summed E-state index contributed by atoms with van der Waals surface area (Å²) in [6.45, 7) is 0.740. The van der Waals surface area contributed by atoms with E-state index in [0.29, 0.717) is 30.0 Å². The predicted molar refractivity (Wildman–Crippen MR) is 104 cm³/mol. The maximum absolute atomic E-state index is 14.4. The number of carbonyl (C=O) groups is 2. The Morgan fingerprint density at radius 1 is 0.967 bits per heavy atom. The third kappa shape index (κ3) is 3.47. The first-order chi connectivity index (χ1) is 14.4. The number of anilines is 1. The quantitative estimate of drug-likeness (QED) is 0.779. The van der Waals surface area contributed by atoms with Gasteiger partial charge in [-0.25, -0.2) is 18.1 Å². The van der Waals surface area contributed by atoms with Crippen LogP contribution >= 0.6 is 0 Å². The second-order valence-electron chi connectivity index (χ2n) is 7.41. The molecule has 2 aliphatic heterocycles. The number of benzene rings is 2. The lowest BCUT2D eigenvalue weighted by atomic mass is 9.97. The van der Waals surface area contributed by atoms with E-state index in [-0.39, 0.29) is 23.8 Å². The van der Waals surface area contributed by atoms with Crippen molar-refractivity contribution in [3.8, 4) is 0 Å². The molecule has 2 amide bonds. The molecule has 2 aliphatic rings. The topological polar surface area (TPSA) is 60.9 Å². The van der Waals surface area contributed by atoms with Crippen molar-refractivity contribution >= 4 is 23.1 Å². The number of aliphatic hydroxyl groups excluding tert-OH is 1. The Balaban J connectivity index is 1.84. The Labute approximate surface area is 171 Å². The van der Waals surface area contributed by atoms with Gasteiger partial charge in [0.25, 0.3) is 11.8 Å². The van der Waals surface area contributed by atoms with Crippen LogP contribution in [0.15, 0.2) is 48.2 Å². The van der Waals surface area contributed by atoms with Crippen LogP contribution in [-0.2, 0) is 9.59 Å². The lowest BCUT2D eigenvalue weighted by Gasteiger charge is -2.34. The van der Waals surface area contributed by atoms with Crippen LogP contribution in [0.1, 0.15) is 18.4 Å². The summed E-state index contributed by atoms with van der Waals surface area (Å²) in [7, 11) is 0. The molecule has 1 unspecified atom stereocenters. The van der Waals surface area contributed by atoms with Crippen LogP contribution < -0.4 is 4.90 Å². The molecule has 156 valence electrons. The minimum Gasteiger partial charge on any atom is -0.396 e. The molecule has 8 heteroatoms. The molecule has 0 aliphatic carbocycles. The highest BCUT2D eigenvalue weighted by molar-refractivity contribution is 6.45. The molecule has 4 rings (SSSR count). The van der Waals surface area contributed by atoms with E-state index in [1.807, 2.05) is 0 Å². The number of amides is 2. The van der Waals surface area contributed by atoms with Crippen LogP contribution in [-0.4, -0.2) is 41.5 Å². The number of imide groups is 1. The van der Waals surface area contributed by atoms with Crippen LogP contribution in [0, 0.1) is 23.4 Å². The van der Waals surface area contributed by atoms with Crippen molar-refractivity contribution in [3.63, 3.8) is 0 Å². The Hall–Kier alpha value is -3.13. The molecule has 0 aromatic heterocycles. The number of piperidine rings is 1. The fourth-order valence-electron chi connectivity index (χ4n) is 3.98. The molecule has 1 saturated heterocycles. The molecular weight excluding hydrogens is 397 g/mol. The van der Waals surface area contributed by atoms with Crippen molar-refractivity contribution in [2.45, 2.75) is 12.8 Å². The lowest BCUT2D eigenvalue weighted by molar-refractivity contribution is -0.121. The Morgan fingerprint density at radius 2 is 1.67 bits per heavy atom. The summed E-state index contributed by atoms with van der Waals surface area (Å²) >= 11 is 0.